The fourth-order valence-electron chi connectivity index (χ4n) is 0.525. The summed E-state index contributed by atoms with van der Waals surface area (Å²) in [7, 11) is 0. The van der Waals surface area contributed by atoms with Gasteiger partial charge in [-0.3, -0.25) is 0 Å². The predicted octanol–water partition coefficient (Wildman–Crippen LogP) is 1.78. The Kier molecular flexibility index (Phi) is 1.75. The molecule has 0 fully saturated rings. The van der Waals surface area contributed by atoms with E-state index in [2.05, 4.69) is 11.6 Å². The Morgan fingerprint density at radius 2 is 2.56 bits per heavy atom. The summed E-state index contributed by atoms with van der Waals surface area (Å²) in [6.07, 6.45) is 2.94. The number of nitrogens with one attached hydrogen (secondary N) is 1. The van der Waals surface area contributed by atoms with E-state index in [4.69, 9.17) is 5.41 Å². The van der Waals surface area contributed by atoms with Crippen LogP contribution in [0.15, 0.2) is 12.1 Å². The van der Waals surface area contributed by atoms with Crippen molar-refractivity contribution >= 4 is 23.6 Å². The van der Waals surface area contributed by atoms with Crippen LogP contribution in [0.5, 0.6) is 0 Å². The molecule has 0 atom stereocenters. The maximum Gasteiger partial charge on any atom is 0.0987 e. The maximum atomic E-state index is 6.88. The Labute approximate surface area is 57.4 Å². The first-order chi connectivity index (χ1) is 4.38. The third-order valence-corrected chi connectivity index (χ3v) is 1.79. The van der Waals surface area contributed by atoms with E-state index in [0.29, 0.717) is 5.69 Å². The van der Waals surface area contributed by atoms with Gasteiger partial charge in [-0.05, 0) is 6.08 Å². The van der Waals surface area contributed by atoms with Gasteiger partial charge in [0.05, 0.1) is 16.1 Å². The van der Waals surface area contributed by atoms with E-state index in [9.17, 15) is 0 Å². The highest BCUT2D eigenvalue weighted by Crippen LogP contribution is 2.11. The highest BCUT2D eigenvalue weighted by atomic mass is 32.1. The molecule has 1 N–H and O–H groups in total. The first-order valence-corrected chi connectivity index (χ1v) is 3.33. The van der Waals surface area contributed by atoms with Crippen molar-refractivity contribution in [1.29, 1.82) is 5.41 Å². The van der Waals surface area contributed by atoms with E-state index in [1.807, 2.05) is 0 Å². The van der Waals surface area contributed by atoms with Gasteiger partial charge < -0.3 is 5.41 Å². The van der Waals surface area contributed by atoms with Crippen molar-refractivity contribution in [2.45, 2.75) is 0 Å². The molecule has 0 radical (unpaired) electrons. The lowest BCUT2D eigenvalue weighted by Crippen LogP contribution is -1.79. The first-order valence-electron chi connectivity index (χ1n) is 2.45. The van der Waals surface area contributed by atoms with Crippen LogP contribution >= 0.6 is 11.3 Å². The summed E-state index contributed by atoms with van der Waals surface area (Å²) in [6, 6.07) is 0. The standard InChI is InChI=1S/C6H6N2S/c1-2-6-5(3-7)8-4-9-6/h2-4,7H,1H2. The summed E-state index contributed by atoms with van der Waals surface area (Å²) in [6.45, 7) is 3.58. The molecule has 0 aliphatic rings. The number of hydrogen-bond donors (Lipinski definition) is 1. The van der Waals surface area contributed by atoms with Crippen LogP contribution in [0.3, 0.4) is 0 Å². The number of hydrogen-bond acceptors (Lipinski definition) is 3. The Bertz CT molecular complexity index is 204. The molecule has 1 aromatic rings. The molecule has 0 bridgehead atoms. The van der Waals surface area contributed by atoms with Crippen molar-refractivity contribution in [3.05, 3.63) is 22.7 Å². The van der Waals surface area contributed by atoms with Crippen LogP contribution in [-0.2, 0) is 0 Å². The zero-order valence-electron chi connectivity index (χ0n) is 4.79. The van der Waals surface area contributed by atoms with Gasteiger partial charge in [0.1, 0.15) is 0 Å². The second-order valence-electron chi connectivity index (χ2n) is 1.45. The second kappa shape index (κ2) is 2.55. The van der Waals surface area contributed by atoms with E-state index in [0.717, 1.165) is 4.88 Å². The molecule has 1 aromatic heterocycles. The summed E-state index contributed by atoms with van der Waals surface area (Å²) >= 11 is 1.49. The molecule has 0 amide bonds. The van der Waals surface area contributed by atoms with Gasteiger partial charge >= 0.3 is 0 Å². The lowest BCUT2D eigenvalue weighted by molar-refractivity contribution is 1.37. The molecular weight excluding hydrogens is 132 g/mol. The Morgan fingerprint density at radius 3 is 3.00 bits per heavy atom. The van der Waals surface area contributed by atoms with Crippen LogP contribution in [0.25, 0.3) is 6.08 Å². The van der Waals surface area contributed by atoms with E-state index in [-0.39, 0.29) is 0 Å². The summed E-state index contributed by atoms with van der Waals surface area (Å²) in [4.78, 5) is 4.87. The largest absolute Gasteiger partial charge is 0.306 e. The molecule has 2 nitrogen and oxygen atoms in total. The smallest absolute Gasteiger partial charge is 0.0987 e. The predicted molar refractivity (Wildman–Crippen MR) is 40.1 cm³/mol. The molecule has 0 spiro atoms. The molecule has 46 valence electrons. The monoisotopic (exact) mass is 138 g/mol. The molecule has 1 rings (SSSR count). The second-order valence-corrected chi connectivity index (χ2v) is 2.34. The van der Waals surface area contributed by atoms with Gasteiger partial charge in [0.25, 0.3) is 0 Å². The van der Waals surface area contributed by atoms with Crippen molar-refractivity contribution in [3.63, 3.8) is 0 Å². The molecule has 9 heavy (non-hydrogen) atoms. The number of nitrogens with zero attached hydrogens (tertiary/aromatic N) is 1. The van der Waals surface area contributed by atoms with E-state index in [1.165, 1.54) is 17.6 Å². The Balaban J connectivity index is 3.12. The SMILES string of the molecule is C=Cc1scnc1C=N. The fraction of sp³-hybridized carbons (Fsp3) is 0. The van der Waals surface area contributed by atoms with Crippen LogP contribution in [0, 0.1) is 5.41 Å². The van der Waals surface area contributed by atoms with Crippen LogP contribution in [-0.4, -0.2) is 11.2 Å². The van der Waals surface area contributed by atoms with Crippen LogP contribution in [0.1, 0.15) is 10.6 Å². The van der Waals surface area contributed by atoms with E-state index < -0.39 is 0 Å². The van der Waals surface area contributed by atoms with Crippen LogP contribution in [0.2, 0.25) is 0 Å². The minimum absolute atomic E-state index is 0.704. The quantitative estimate of drug-likeness (QED) is 0.621. The lowest BCUT2D eigenvalue weighted by Gasteiger charge is -1.81. The van der Waals surface area contributed by atoms with E-state index in [1.54, 1.807) is 11.6 Å². The van der Waals surface area contributed by atoms with Gasteiger partial charge in [0.15, 0.2) is 0 Å². The zero-order chi connectivity index (χ0) is 6.69. The maximum absolute atomic E-state index is 6.88. The van der Waals surface area contributed by atoms with Crippen molar-refractivity contribution < 1.29 is 0 Å². The van der Waals surface area contributed by atoms with Crippen molar-refractivity contribution in [2.24, 2.45) is 0 Å². The van der Waals surface area contributed by atoms with Gasteiger partial charge in [0.2, 0.25) is 0 Å². The van der Waals surface area contributed by atoms with E-state index >= 15 is 0 Å². The minimum atomic E-state index is 0.704. The summed E-state index contributed by atoms with van der Waals surface area (Å²) in [5.41, 5.74) is 2.41. The average molecular weight is 138 g/mol. The summed E-state index contributed by atoms with van der Waals surface area (Å²) < 4.78 is 0. The zero-order valence-corrected chi connectivity index (χ0v) is 5.61. The fourth-order valence-corrected chi connectivity index (χ4v) is 1.13. The minimum Gasteiger partial charge on any atom is -0.306 e. The molecular formula is C6H6N2S. The van der Waals surface area contributed by atoms with Crippen LogP contribution in [0.4, 0.5) is 0 Å². The first kappa shape index (κ1) is 6.16. The van der Waals surface area contributed by atoms with Gasteiger partial charge in [-0.15, -0.1) is 11.3 Å². The molecule has 0 saturated carbocycles. The topological polar surface area (TPSA) is 36.7 Å². The molecule has 0 unspecified atom stereocenters. The van der Waals surface area contributed by atoms with Gasteiger partial charge in [-0.25, -0.2) is 4.98 Å². The third-order valence-electron chi connectivity index (χ3n) is 0.946. The Morgan fingerprint density at radius 1 is 1.78 bits per heavy atom. The third kappa shape index (κ3) is 1.05. The molecule has 0 aliphatic carbocycles. The van der Waals surface area contributed by atoms with Gasteiger partial charge in [0, 0.05) is 6.21 Å². The summed E-state index contributed by atoms with van der Waals surface area (Å²) in [5, 5.41) is 6.88. The van der Waals surface area contributed by atoms with Gasteiger partial charge in [-0.1, -0.05) is 6.58 Å². The number of thiazole rings is 1. The normalized spacial score (nSPS) is 8.89. The summed E-state index contributed by atoms with van der Waals surface area (Å²) in [5.74, 6) is 0. The Hall–Kier alpha value is -0.960. The highest BCUT2D eigenvalue weighted by molar-refractivity contribution is 7.10. The lowest BCUT2D eigenvalue weighted by atomic mass is 10.4. The van der Waals surface area contributed by atoms with Gasteiger partial charge in [-0.2, -0.15) is 0 Å². The van der Waals surface area contributed by atoms with Crippen molar-refractivity contribution in [3.8, 4) is 0 Å². The van der Waals surface area contributed by atoms with Crippen molar-refractivity contribution in [2.75, 3.05) is 0 Å². The molecule has 0 aliphatic heterocycles. The number of rotatable bonds is 2. The van der Waals surface area contributed by atoms with Crippen molar-refractivity contribution in [1.82, 2.24) is 4.98 Å². The average Bonchev–Trinajstić information content (AvgIpc) is 2.33. The number of aromatic nitrogens is 1. The highest BCUT2D eigenvalue weighted by Gasteiger charge is 1.95. The molecule has 0 saturated heterocycles. The van der Waals surface area contributed by atoms with Crippen LogP contribution < -0.4 is 0 Å². The molecule has 0 aromatic carbocycles. The molecule has 1 heterocycles. The molecule has 3 heteroatoms.